The Balaban J connectivity index is 2.13. The Bertz CT molecular complexity index is 524. The van der Waals surface area contributed by atoms with Crippen LogP contribution in [0.3, 0.4) is 0 Å². The first-order valence-electron chi connectivity index (χ1n) is 7.65. The molecule has 0 spiro atoms. The Morgan fingerprint density at radius 2 is 1.95 bits per heavy atom. The van der Waals surface area contributed by atoms with Gasteiger partial charge >= 0.3 is 0 Å². The van der Waals surface area contributed by atoms with Crippen molar-refractivity contribution in [1.29, 1.82) is 0 Å². The van der Waals surface area contributed by atoms with Gasteiger partial charge < -0.3 is 10.4 Å². The second-order valence-corrected chi connectivity index (χ2v) is 5.40. The fourth-order valence-electron chi connectivity index (χ4n) is 2.64. The third kappa shape index (κ3) is 4.41. The molecule has 0 aliphatic rings. The lowest BCUT2D eigenvalue weighted by molar-refractivity contribution is 0.271. The first-order chi connectivity index (χ1) is 10.2. The number of hydrogen-bond acceptors (Lipinski definition) is 3. The number of nitrogens with one attached hydrogen (secondary N) is 1. The van der Waals surface area contributed by atoms with E-state index < -0.39 is 0 Å². The van der Waals surface area contributed by atoms with Crippen LogP contribution < -0.4 is 5.32 Å². The molecule has 114 valence electrons. The van der Waals surface area contributed by atoms with Gasteiger partial charge in [0.1, 0.15) is 0 Å². The molecule has 0 bridgehead atoms. The van der Waals surface area contributed by atoms with Crippen molar-refractivity contribution in [3.63, 3.8) is 0 Å². The molecule has 4 heteroatoms. The maximum Gasteiger partial charge on any atom is 0.0537 e. The average Bonchev–Trinajstić information content (AvgIpc) is 2.95. The molecule has 0 amide bonds. The lowest BCUT2D eigenvalue weighted by Gasteiger charge is -2.25. The summed E-state index contributed by atoms with van der Waals surface area (Å²) in [5.74, 6) is 0. The van der Waals surface area contributed by atoms with Crippen molar-refractivity contribution in [3.8, 4) is 0 Å². The van der Waals surface area contributed by atoms with Gasteiger partial charge in [0, 0.05) is 37.5 Å². The molecule has 2 rings (SSSR count). The van der Waals surface area contributed by atoms with Gasteiger partial charge in [-0.2, -0.15) is 5.10 Å². The molecule has 0 aliphatic carbocycles. The van der Waals surface area contributed by atoms with Crippen molar-refractivity contribution in [2.75, 3.05) is 6.61 Å². The summed E-state index contributed by atoms with van der Waals surface area (Å²) in [6.07, 6.45) is 6.73. The average molecular weight is 287 g/mol. The Hall–Kier alpha value is -1.65. The van der Waals surface area contributed by atoms with Gasteiger partial charge in [0.15, 0.2) is 0 Å². The first-order valence-corrected chi connectivity index (χ1v) is 7.65. The lowest BCUT2D eigenvalue weighted by Crippen LogP contribution is -2.26. The number of aryl methyl sites for hydroxylation is 1. The fourth-order valence-corrected chi connectivity index (χ4v) is 2.64. The molecule has 1 aromatic carbocycles. The van der Waals surface area contributed by atoms with Gasteiger partial charge in [-0.15, -0.1) is 0 Å². The zero-order valence-electron chi connectivity index (χ0n) is 12.9. The van der Waals surface area contributed by atoms with Gasteiger partial charge in [0.25, 0.3) is 0 Å². The molecule has 4 nitrogen and oxygen atoms in total. The SMILES string of the molecule is CCC(NC(CCCO)c1ccccc1)c1cnn(C)c1. The number of aromatic nitrogens is 2. The van der Waals surface area contributed by atoms with Crippen LogP contribution in [0.25, 0.3) is 0 Å². The molecule has 21 heavy (non-hydrogen) atoms. The van der Waals surface area contributed by atoms with Crippen LogP contribution in [0, 0.1) is 0 Å². The Labute approximate surface area is 126 Å². The number of rotatable bonds is 8. The highest BCUT2D eigenvalue weighted by atomic mass is 16.2. The Morgan fingerprint density at radius 3 is 2.52 bits per heavy atom. The fraction of sp³-hybridized carbons (Fsp3) is 0.471. The van der Waals surface area contributed by atoms with Crippen LogP contribution in [0.5, 0.6) is 0 Å². The van der Waals surface area contributed by atoms with Gasteiger partial charge in [0.2, 0.25) is 0 Å². The second kappa shape index (κ2) is 7.96. The van der Waals surface area contributed by atoms with Gasteiger partial charge in [-0.05, 0) is 24.8 Å². The first kappa shape index (κ1) is 15.7. The number of benzene rings is 1. The number of hydrogen-bond donors (Lipinski definition) is 2. The van der Waals surface area contributed by atoms with E-state index in [0.29, 0.717) is 0 Å². The molecular weight excluding hydrogens is 262 g/mol. The third-order valence-corrected chi connectivity index (χ3v) is 3.79. The molecule has 0 fully saturated rings. The highest BCUT2D eigenvalue weighted by molar-refractivity contribution is 5.20. The minimum absolute atomic E-state index is 0.231. The Morgan fingerprint density at radius 1 is 1.19 bits per heavy atom. The smallest absolute Gasteiger partial charge is 0.0537 e. The van der Waals surface area contributed by atoms with Crippen LogP contribution in [0.1, 0.15) is 49.4 Å². The van der Waals surface area contributed by atoms with E-state index in [4.69, 9.17) is 5.11 Å². The van der Waals surface area contributed by atoms with E-state index in [2.05, 4.69) is 47.8 Å². The molecule has 1 heterocycles. The quantitative estimate of drug-likeness (QED) is 0.785. The summed E-state index contributed by atoms with van der Waals surface area (Å²) in [6.45, 7) is 2.41. The van der Waals surface area contributed by atoms with Crippen molar-refractivity contribution in [2.24, 2.45) is 7.05 Å². The summed E-state index contributed by atoms with van der Waals surface area (Å²) in [5.41, 5.74) is 2.48. The summed E-state index contributed by atoms with van der Waals surface area (Å²) < 4.78 is 1.84. The van der Waals surface area contributed by atoms with Crippen LogP contribution in [0.4, 0.5) is 0 Å². The van der Waals surface area contributed by atoms with E-state index in [9.17, 15) is 0 Å². The molecule has 0 aliphatic heterocycles. The largest absolute Gasteiger partial charge is 0.396 e. The van der Waals surface area contributed by atoms with Crippen LogP contribution >= 0.6 is 0 Å². The maximum atomic E-state index is 9.13. The standard InChI is InChI=1S/C17H25N3O/c1-3-16(15-12-18-20(2)13-15)19-17(10-7-11-21)14-8-5-4-6-9-14/h4-6,8-9,12-13,16-17,19,21H,3,7,10-11H2,1-2H3. The van der Waals surface area contributed by atoms with Crippen molar-refractivity contribution in [3.05, 3.63) is 53.9 Å². The van der Waals surface area contributed by atoms with Crippen LogP contribution in [-0.2, 0) is 7.05 Å². The van der Waals surface area contributed by atoms with Crippen LogP contribution in [0.15, 0.2) is 42.7 Å². The van der Waals surface area contributed by atoms with Crippen molar-refractivity contribution < 1.29 is 5.11 Å². The van der Waals surface area contributed by atoms with Crippen LogP contribution in [-0.4, -0.2) is 21.5 Å². The third-order valence-electron chi connectivity index (χ3n) is 3.79. The zero-order chi connectivity index (χ0) is 15.1. The van der Waals surface area contributed by atoms with E-state index in [1.807, 2.05) is 24.0 Å². The summed E-state index contributed by atoms with van der Waals surface area (Å²) in [6, 6.07) is 11.0. The maximum absolute atomic E-state index is 9.13. The molecular formula is C17H25N3O. The number of nitrogens with zero attached hydrogens (tertiary/aromatic N) is 2. The van der Waals surface area contributed by atoms with E-state index in [0.717, 1.165) is 19.3 Å². The second-order valence-electron chi connectivity index (χ2n) is 5.40. The normalized spacial score (nSPS) is 14.0. The predicted molar refractivity (Wildman–Crippen MR) is 84.9 cm³/mol. The van der Waals surface area contributed by atoms with E-state index in [1.165, 1.54) is 11.1 Å². The van der Waals surface area contributed by atoms with Crippen molar-refractivity contribution in [1.82, 2.24) is 15.1 Å². The van der Waals surface area contributed by atoms with E-state index in [-0.39, 0.29) is 18.7 Å². The zero-order valence-corrected chi connectivity index (χ0v) is 12.9. The van der Waals surface area contributed by atoms with Gasteiger partial charge in [0.05, 0.1) is 6.20 Å². The summed E-state index contributed by atoms with van der Waals surface area (Å²) in [7, 11) is 1.94. The minimum Gasteiger partial charge on any atom is -0.396 e. The molecule has 0 saturated carbocycles. The van der Waals surface area contributed by atoms with E-state index in [1.54, 1.807) is 0 Å². The van der Waals surface area contributed by atoms with Crippen molar-refractivity contribution >= 4 is 0 Å². The number of aliphatic hydroxyl groups excluding tert-OH is 1. The molecule has 0 radical (unpaired) electrons. The molecule has 2 N–H and O–H groups in total. The highest BCUT2D eigenvalue weighted by Crippen LogP contribution is 2.25. The molecule has 2 aromatic rings. The summed E-state index contributed by atoms with van der Waals surface area (Å²) in [5, 5.41) is 17.1. The summed E-state index contributed by atoms with van der Waals surface area (Å²) >= 11 is 0. The van der Waals surface area contributed by atoms with Crippen molar-refractivity contribution in [2.45, 2.75) is 38.3 Å². The van der Waals surface area contributed by atoms with E-state index >= 15 is 0 Å². The monoisotopic (exact) mass is 287 g/mol. The number of aliphatic hydroxyl groups is 1. The van der Waals surface area contributed by atoms with Gasteiger partial charge in [-0.3, -0.25) is 4.68 Å². The highest BCUT2D eigenvalue weighted by Gasteiger charge is 2.18. The van der Waals surface area contributed by atoms with Crippen LogP contribution in [0.2, 0.25) is 0 Å². The molecule has 2 unspecified atom stereocenters. The van der Waals surface area contributed by atoms with Gasteiger partial charge in [-0.1, -0.05) is 37.3 Å². The summed E-state index contributed by atoms with van der Waals surface area (Å²) in [4.78, 5) is 0. The topological polar surface area (TPSA) is 50.1 Å². The molecule has 0 saturated heterocycles. The van der Waals surface area contributed by atoms with Gasteiger partial charge in [-0.25, -0.2) is 0 Å². The Kier molecular flexibility index (Phi) is 5.96. The lowest BCUT2D eigenvalue weighted by atomic mass is 9.99. The predicted octanol–water partition coefficient (Wildman–Crippen LogP) is 2.97. The minimum atomic E-state index is 0.231. The molecule has 2 atom stereocenters. The molecule has 1 aromatic heterocycles.